The van der Waals surface area contributed by atoms with E-state index in [4.69, 9.17) is 16.3 Å². The first-order chi connectivity index (χ1) is 16.6. The number of nitrogens with one attached hydrogen (secondary N) is 1. The molecule has 2 aromatic carbocycles. The van der Waals surface area contributed by atoms with Crippen LogP contribution in [0.1, 0.15) is 11.1 Å². The Bertz CT molecular complexity index is 1410. The summed E-state index contributed by atoms with van der Waals surface area (Å²) in [4.78, 5) is 25.8. The van der Waals surface area contributed by atoms with Gasteiger partial charge in [0.05, 0.1) is 35.1 Å². The molecule has 2 aromatic heterocycles. The van der Waals surface area contributed by atoms with E-state index in [1.165, 1.54) is 18.2 Å². The molecule has 8 nitrogen and oxygen atoms in total. The summed E-state index contributed by atoms with van der Waals surface area (Å²) in [6, 6.07) is 11.2. The lowest BCUT2D eigenvalue weighted by molar-refractivity contribution is 0.122. The van der Waals surface area contributed by atoms with Crippen molar-refractivity contribution in [2.24, 2.45) is 0 Å². The third kappa shape index (κ3) is 4.55. The predicted octanol–water partition coefficient (Wildman–Crippen LogP) is 3.05. The molecule has 0 radical (unpaired) electrons. The number of anilines is 1. The lowest BCUT2D eigenvalue weighted by atomic mass is 10.2. The maximum absolute atomic E-state index is 14.2. The summed E-state index contributed by atoms with van der Waals surface area (Å²) in [6.45, 7) is 2.88. The van der Waals surface area contributed by atoms with Crippen LogP contribution in [0.15, 0.2) is 59.7 Å². The molecule has 0 aliphatic carbocycles. The first-order valence-electron chi connectivity index (χ1n) is 10.5. The highest BCUT2D eigenvalue weighted by atomic mass is 35.5. The lowest BCUT2D eigenvalue weighted by Crippen LogP contribution is -2.37. The second kappa shape index (κ2) is 9.47. The molecule has 1 fully saturated rings. The summed E-state index contributed by atoms with van der Waals surface area (Å²) in [6.07, 6.45) is 3.38. The summed E-state index contributed by atoms with van der Waals surface area (Å²) in [7, 11) is 0. The predicted molar refractivity (Wildman–Crippen MR) is 126 cm³/mol. The quantitative estimate of drug-likeness (QED) is 0.457. The van der Waals surface area contributed by atoms with Gasteiger partial charge in [-0.1, -0.05) is 29.5 Å². The minimum absolute atomic E-state index is 0.0457. The molecular weight excluding hydrogens is 459 g/mol. The third-order valence-corrected chi connectivity index (χ3v) is 5.53. The van der Waals surface area contributed by atoms with Gasteiger partial charge >= 0.3 is 5.69 Å². The topological polar surface area (TPSA) is 88.9 Å². The number of rotatable bonds is 3. The van der Waals surface area contributed by atoms with E-state index in [1.807, 2.05) is 0 Å². The molecule has 5 rings (SSSR count). The minimum atomic E-state index is -0.569. The van der Waals surface area contributed by atoms with Crippen molar-refractivity contribution in [1.82, 2.24) is 24.7 Å². The molecule has 1 N–H and O–H groups in total. The highest BCUT2D eigenvalue weighted by Gasteiger charge is 2.16. The van der Waals surface area contributed by atoms with Crippen LogP contribution in [0.25, 0.3) is 17.1 Å². The molecule has 0 amide bonds. The van der Waals surface area contributed by atoms with Crippen molar-refractivity contribution >= 4 is 17.5 Å². The number of aromatic amines is 1. The average Bonchev–Trinajstić information content (AvgIpc) is 3.25. The molecule has 0 spiro atoms. The van der Waals surface area contributed by atoms with Crippen LogP contribution in [0.5, 0.6) is 0 Å². The first kappa shape index (κ1) is 21.8. The number of ether oxygens (including phenoxy) is 1. The van der Waals surface area contributed by atoms with Crippen LogP contribution in [-0.2, 0) is 4.74 Å². The van der Waals surface area contributed by atoms with E-state index in [-0.39, 0.29) is 16.4 Å². The number of H-pyrrole nitrogens is 1. The Morgan fingerprint density at radius 1 is 1.00 bits per heavy atom. The van der Waals surface area contributed by atoms with Gasteiger partial charge in [0.25, 0.3) is 0 Å². The fraction of sp³-hybridized carbons (Fsp3) is 0.167. The fourth-order valence-electron chi connectivity index (χ4n) is 3.48. The summed E-state index contributed by atoms with van der Waals surface area (Å²) >= 11 is 6.08. The number of benzene rings is 2. The van der Waals surface area contributed by atoms with Crippen LogP contribution in [0, 0.1) is 17.7 Å². The van der Waals surface area contributed by atoms with Gasteiger partial charge in [-0.15, -0.1) is 5.10 Å². The van der Waals surface area contributed by atoms with Gasteiger partial charge in [-0.3, -0.25) is 4.98 Å². The zero-order chi connectivity index (χ0) is 23.5. The largest absolute Gasteiger partial charge is 0.378 e. The molecule has 0 unspecified atom stereocenters. The van der Waals surface area contributed by atoms with E-state index in [9.17, 15) is 9.18 Å². The van der Waals surface area contributed by atoms with Crippen molar-refractivity contribution in [2.75, 3.05) is 31.2 Å². The smallest absolute Gasteiger partial charge is 0.348 e. The second-order valence-electron chi connectivity index (χ2n) is 7.46. The molecule has 10 heteroatoms. The van der Waals surface area contributed by atoms with Crippen LogP contribution in [0.3, 0.4) is 0 Å². The number of nitrogens with zero attached hydrogens (tertiary/aromatic N) is 5. The molecule has 3 heterocycles. The van der Waals surface area contributed by atoms with E-state index >= 15 is 0 Å². The Morgan fingerprint density at radius 2 is 1.71 bits per heavy atom. The Morgan fingerprint density at radius 3 is 2.41 bits per heavy atom. The van der Waals surface area contributed by atoms with Crippen LogP contribution in [0.4, 0.5) is 10.3 Å². The zero-order valence-electron chi connectivity index (χ0n) is 17.8. The SMILES string of the molecule is O=c1[nH]c(-c2c(F)cccc2Cl)nn1-c1ccc(C#Cc2cnc(N3CCOCC3)nc2)cc1. The maximum atomic E-state index is 14.2. The van der Waals surface area contributed by atoms with E-state index in [2.05, 4.69) is 36.8 Å². The molecule has 1 aliphatic heterocycles. The van der Waals surface area contributed by atoms with Gasteiger partial charge < -0.3 is 9.64 Å². The number of hydrogen-bond donors (Lipinski definition) is 1. The molecule has 0 bridgehead atoms. The highest BCUT2D eigenvalue weighted by Crippen LogP contribution is 2.27. The number of halogens is 2. The monoisotopic (exact) mass is 476 g/mol. The second-order valence-corrected chi connectivity index (χ2v) is 7.86. The summed E-state index contributed by atoms with van der Waals surface area (Å²) in [5.74, 6) is 6.24. The average molecular weight is 477 g/mol. The molecule has 1 aliphatic rings. The van der Waals surface area contributed by atoms with Gasteiger partial charge in [0.2, 0.25) is 5.95 Å². The molecular formula is C24H18ClFN6O2. The van der Waals surface area contributed by atoms with Gasteiger partial charge in [0, 0.05) is 31.0 Å². The molecule has 170 valence electrons. The molecule has 0 atom stereocenters. The number of aromatic nitrogens is 5. The highest BCUT2D eigenvalue weighted by molar-refractivity contribution is 6.33. The van der Waals surface area contributed by atoms with Gasteiger partial charge in [-0.2, -0.15) is 4.68 Å². The minimum Gasteiger partial charge on any atom is -0.378 e. The number of morpholine rings is 1. The van der Waals surface area contributed by atoms with Gasteiger partial charge in [-0.25, -0.2) is 19.2 Å². The van der Waals surface area contributed by atoms with E-state index < -0.39 is 11.5 Å². The Balaban J connectivity index is 1.33. The van der Waals surface area contributed by atoms with Crippen molar-refractivity contribution in [3.8, 4) is 28.9 Å². The Kier molecular flexibility index (Phi) is 6.08. The summed E-state index contributed by atoms with van der Waals surface area (Å²) in [5.41, 5.74) is 1.47. The van der Waals surface area contributed by atoms with Gasteiger partial charge in [0.15, 0.2) is 5.82 Å². The van der Waals surface area contributed by atoms with Crippen LogP contribution in [-0.4, -0.2) is 51.0 Å². The summed E-state index contributed by atoms with van der Waals surface area (Å²) < 4.78 is 20.7. The van der Waals surface area contributed by atoms with E-state index in [0.29, 0.717) is 30.4 Å². The molecule has 0 saturated carbocycles. The molecule has 4 aromatic rings. The van der Waals surface area contributed by atoms with Crippen LogP contribution in [0.2, 0.25) is 5.02 Å². The van der Waals surface area contributed by atoms with Crippen molar-refractivity contribution < 1.29 is 9.13 Å². The van der Waals surface area contributed by atoms with Crippen molar-refractivity contribution in [3.05, 3.63) is 87.3 Å². The van der Waals surface area contributed by atoms with Crippen LogP contribution < -0.4 is 10.6 Å². The van der Waals surface area contributed by atoms with Crippen LogP contribution >= 0.6 is 11.6 Å². The number of hydrogen-bond acceptors (Lipinski definition) is 6. The standard InChI is InChI=1S/C24H18ClFN6O2/c25-19-2-1-3-20(26)21(19)22-29-24(33)32(30-22)18-8-6-16(7-9-18)4-5-17-14-27-23(28-15-17)31-10-12-34-13-11-31/h1-3,6-9,14-15H,10-13H2,(H,29,30,33). The van der Waals surface area contributed by atoms with Gasteiger partial charge in [-0.05, 0) is 36.4 Å². The van der Waals surface area contributed by atoms with Crippen molar-refractivity contribution in [1.29, 1.82) is 0 Å². The Hall–Kier alpha value is -4.00. The van der Waals surface area contributed by atoms with E-state index in [1.54, 1.807) is 36.7 Å². The van der Waals surface area contributed by atoms with Gasteiger partial charge in [0.1, 0.15) is 5.82 Å². The summed E-state index contributed by atoms with van der Waals surface area (Å²) in [5, 5.41) is 4.36. The third-order valence-electron chi connectivity index (χ3n) is 5.21. The van der Waals surface area contributed by atoms with E-state index in [0.717, 1.165) is 23.3 Å². The molecule has 1 saturated heterocycles. The molecule has 34 heavy (non-hydrogen) atoms. The van der Waals surface area contributed by atoms with Crippen molar-refractivity contribution in [3.63, 3.8) is 0 Å². The first-order valence-corrected chi connectivity index (χ1v) is 10.9. The normalized spacial score (nSPS) is 13.4. The maximum Gasteiger partial charge on any atom is 0.348 e. The van der Waals surface area contributed by atoms with Crippen molar-refractivity contribution in [2.45, 2.75) is 0 Å². The Labute approximate surface area is 199 Å². The fourth-order valence-corrected chi connectivity index (χ4v) is 3.73. The lowest BCUT2D eigenvalue weighted by Gasteiger charge is -2.26. The zero-order valence-corrected chi connectivity index (χ0v) is 18.6.